The fourth-order valence-electron chi connectivity index (χ4n) is 2.50. The molecule has 0 bridgehead atoms. The van der Waals surface area contributed by atoms with E-state index in [1.54, 1.807) is 11.8 Å². The lowest BCUT2D eigenvalue weighted by molar-refractivity contribution is -0.144. The van der Waals surface area contributed by atoms with E-state index in [0.29, 0.717) is 39.4 Å². The minimum atomic E-state index is -0.218. The molecule has 1 saturated heterocycles. The molecule has 2 amide bonds. The first-order valence-electron chi connectivity index (χ1n) is 8.29. The molecule has 0 saturated carbocycles. The van der Waals surface area contributed by atoms with Crippen molar-refractivity contribution in [2.75, 3.05) is 51.3 Å². The highest BCUT2D eigenvalue weighted by molar-refractivity contribution is 5.89. The van der Waals surface area contributed by atoms with Gasteiger partial charge >= 0.3 is 12.0 Å². The van der Waals surface area contributed by atoms with E-state index in [0.717, 1.165) is 11.4 Å². The number of anilines is 1. The summed E-state index contributed by atoms with van der Waals surface area (Å²) in [7, 11) is 0. The molecule has 7 nitrogen and oxygen atoms in total. The van der Waals surface area contributed by atoms with E-state index in [9.17, 15) is 9.59 Å². The Morgan fingerprint density at radius 1 is 1.04 bits per heavy atom. The number of urea groups is 1. The van der Waals surface area contributed by atoms with Crippen LogP contribution in [0, 0.1) is 0 Å². The van der Waals surface area contributed by atoms with E-state index < -0.39 is 0 Å². The Morgan fingerprint density at radius 2 is 1.71 bits per heavy atom. The number of carbonyl (C=O) groups excluding carboxylic acids is 2. The van der Waals surface area contributed by atoms with Crippen LogP contribution in [-0.2, 0) is 9.53 Å². The lowest BCUT2D eigenvalue weighted by Crippen LogP contribution is -2.51. The number of nitrogens with zero attached hydrogens (tertiary/aromatic N) is 2. The molecule has 1 aromatic rings. The van der Waals surface area contributed by atoms with Gasteiger partial charge < -0.3 is 19.7 Å². The van der Waals surface area contributed by atoms with Crippen molar-refractivity contribution in [1.29, 1.82) is 0 Å². The zero-order valence-electron chi connectivity index (χ0n) is 14.3. The van der Waals surface area contributed by atoms with Crippen LogP contribution in [0.1, 0.15) is 13.8 Å². The summed E-state index contributed by atoms with van der Waals surface area (Å²) < 4.78 is 10.3. The molecule has 0 spiro atoms. The second-order valence-corrected chi connectivity index (χ2v) is 5.46. The van der Waals surface area contributed by atoms with Crippen LogP contribution in [-0.4, -0.2) is 67.7 Å². The maximum absolute atomic E-state index is 12.3. The van der Waals surface area contributed by atoms with Crippen LogP contribution in [0.3, 0.4) is 0 Å². The topological polar surface area (TPSA) is 71.1 Å². The third-order valence-electron chi connectivity index (χ3n) is 3.73. The van der Waals surface area contributed by atoms with Crippen molar-refractivity contribution < 1.29 is 19.1 Å². The number of hydrogen-bond acceptors (Lipinski definition) is 5. The molecule has 1 aromatic carbocycles. The van der Waals surface area contributed by atoms with Crippen LogP contribution in [0.15, 0.2) is 24.3 Å². The van der Waals surface area contributed by atoms with Crippen molar-refractivity contribution in [1.82, 2.24) is 9.80 Å². The fraction of sp³-hybridized carbons (Fsp3) is 0.529. The number of amides is 2. The lowest BCUT2D eigenvalue weighted by Gasteiger charge is -2.34. The van der Waals surface area contributed by atoms with Gasteiger partial charge in [0.25, 0.3) is 0 Å². The predicted octanol–water partition coefficient (Wildman–Crippen LogP) is 1.80. The van der Waals surface area contributed by atoms with Gasteiger partial charge in [-0.05, 0) is 38.1 Å². The Balaban J connectivity index is 1.77. The molecule has 1 aliphatic heterocycles. The van der Waals surface area contributed by atoms with Gasteiger partial charge in [0.2, 0.25) is 0 Å². The van der Waals surface area contributed by atoms with Gasteiger partial charge in [-0.1, -0.05) is 0 Å². The van der Waals surface area contributed by atoms with E-state index >= 15 is 0 Å². The number of carbonyl (C=O) groups is 2. The molecule has 1 aliphatic rings. The van der Waals surface area contributed by atoms with Crippen LogP contribution < -0.4 is 10.1 Å². The Labute approximate surface area is 142 Å². The van der Waals surface area contributed by atoms with Gasteiger partial charge in [0, 0.05) is 31.9 Å². The summed E-state index contributed by atoms with van der Waals surface area (Å²) in [5, 5.41) is 2.88. The summed E-state index contributed by atoms with van der Waals surface area (Å²) in [6, 6.07) is 7.17. The fourth-order valence-corrected chi connectivity index (χ4v) is 2.50. The number of benzene rings is 1. The van der Waals surface area contributed by atoms with Crippen LogP contribution in [0.5, 0.6) is 5.75 Å². The molecule has 0 unspecified atom stereocenters. The van der Waals surface area contributed by atoms with Gasteiger partial charge in [-0.25, -0.2) is 4.79 Å². The summed E-state index contributed by atoms with van der Waals surface area (Å²) in [5.41, 5.74) is 0.734. The highest BCUT2D eigenvalue weighted by atomic mass is 16.5. The number of hydrogen-bond donors (Lipinski definition) is 1. The summed E-state index contributed by atoms with van der Waals surface area (Å²) in [6.07, 6.45) is 0. The Hall–Kier alpha value is -2.28. The molecule has 132 valence electrons. The maximum atomic E-state index is 12.3. The number of rotatable bonds is 6. The second kappa shape index (κ2) is 9.12. The Kier molecular flexibility index (Phi) is 6.87. The van der Waals surface area contributed by atoms with E-state index in [2.05, 4.69) is 5.32 Å². The first-order chi connectivity index (χ1) is 11.6. The molecule has 1 heterocycles. The summed E-state index contributed by atoms with van der Waals surface area (Å²) >= 11 is 0. The van der Waals surface area contributed by atoms with Crippen molar-refractivity contribution in [2.24, 2.45) is 0 Å². The number of esters is 1. The monoisotopic (exact) mass is 335 g/mol. The SMILES string of the molecule is CCOC(=O)CN1CCN(C(=O)Nc2ccc(OCC)cc2)CC1. The third-order valence-corrected chi connectivity index (χ3v) is 3.73. The third kappa shape index (κ3) is 5.42. The maximum Gasteiger partial charge on any atom is 0.321 e. The van der Waals surface area contributed by atoms with Crippen LogP contribution in [0.25, 0.3) is 0 Å². The molecule has 7 heteroatoms. The van der Waals surface area contributed by atoms with Crippen LogP contribution in [0.4, 0.5) is 10.5 Å². The van der Waals surface area contributed by atoms with Gasteiger partial charge in [-0.2, -0.15) is 0 Å². The molecule has 0 aromatic heterocycles. The molecule has 0 radical (unpaired) electrons. The minimum Gasteiger partial charge on any atom is -0.494 e. The van der Waals surface area contributed by atoms with Crippen molar-refractivity contribution in [2.45, 2.75) is 13.8 Å². The zero-order valence-corrected chi connectivity index (χ0v) is 14.3. The summed E-state index contributed by atoms with van der Waals surface area (Å²) in [6.45, 7) is 7.50. The van der Waals surface area contributed by atoms with E-state index in [1.807, 2.05) is 36.1 Å². The summed E-state index contributed by atoms with van der Waals surface area (Å²) in [5.74, 6) is 0.563. The Morgan fingerprint density at radius 3 is 2.29 bits per heavy atom. The van der Waals surface area contributed by atoms with E-state index in [-0.39, 0.29) is 18.5 Å². The van der Waals surface area contributed by atoms with Crippen molar-refractivity contribution in [3.05, 3.63) is 24.3 Å². The highest BCUT2D eigenvalue weighted by Gasteiger charge is 2.22. The van der Waals surface area contributed by atoms with Gasteiger partial charge in [0.15, 0.2) is 0 Å². The zero-order chi connectivity index (χ0) is 17.4. The normalized spacial score (nSPS) is 15.0. The van der Waals surface area contributed by atoms with Crippen LogP contribution >= 0.6 is 0 Å². The molecular weight excluding hydrogens is 310 g/mol. The largest absolute Gasteiger partial charge is 0.494 e. The molecule has 24 heavy (non-hydrogen) atoms. The van der Waals surface area contributed by atoms with Gasteiger partial charge in [-0.3, -0.25) is 9.69 Å². The highest BCUT2D eigenvalue weighted by Crippen LogP contribution is 2.16. The predicted molar refractivity (Wildman–Crippen MR) is 91.3 cm³/mol. The van der Waals surface area contributed by atoms with Crippen LogP contribution in [0.2, 0.25) is 0 Å². The van der Waals surface area contributed by atoms with Crippen molar-refractivity contribution >= 4 is 17.7 Å². The van der Waals surface area contributed by atoms with Gasteiger partial charge in [-0.15, -0.1) is 0 Å². The van der Waals surface area contributed by atoms with Crippen molar-refractivity contribution in [3.63, 3.8) is 0 Å². The second-order valence-electron chi connectivity index (χ2n) is 5.46. The average molecular weight is 335 g/mol. The smallest absolute Gasteiger partial charge is 0.321 e. The minimum absolute atomic E-state index is 0.130. The molecular formula is C17H25N3O4. The average Bonchev–Trinajstić information content (AvgIpc) is 2.57. The van der Waals surface area contributed by atoms with E-state index in [4.69, 9.17) is 9.47 Å². The quantitative estimate of drug-likeness (QED) is 0.803. The first-order valence-corrected chi connectivity index (χ1v) is 8.29. The molecule has 0 aliphatic carbocycles. The standard InChI is InChI=1S/C17H25N3O4/c1-3-23-15-7-5-14(6-8-15)18-17(22)20-11-9-19(10-12-20)13-16(21)24-4-2/h5-8H,3-4,9-13H2,1-2H3,(H,18,22). The molecule has 1 N–H and O–H groups in total. The van der Waals surface area contributed by atoms with Gasteiger partial charge in [0.1, 0.15) is 5.75 Å². The number of piperazine rings is 1. The molecule has 2 rings (SSSR count). The lowest BCUT2D eigenvalue weighted by atomic mass is 10.3. The molecule has 0 atom stereocenters. The van der Waals surface area contributed by atoms with Gasteiger partial charge in [0.05, 0.1) is 19.8 Å². The van der Waals surface area contributed by atoms with Crippen molar-refractivity contribution in [3.8, 4) is 5.75 Å². The number of ether oxygens (including phenoxy) is 2. The Bertz CT molecular complexity index is 539. The summed E-state index contributed by atoms with van der Waals surface area (Å²) in [4.78, 5) is 27.5. The molecule has 1 fully saturated rings. The first kappa shape index (κ1) is 18.1. The number of nitrogens with one attached hydrogen (secondary N) is 1. The van der Waals surface area contributed by atoms with E-state index in [1.165, 1.54) is 0 Å².